The minimum atomic E-state index is 0.896. The minimum Gasteiger partial charge on any atom is -0.306 e. The summed E-state index contributed by atoms with van der Waals surface area (Å²) in [6, 6.07) is 0. The van der Waals surface area contributed by atoms with Crippen molar-refractivity contribution in [2.45, 2.75) is 6.92 Å². The smallest absolute Gasteiger partial charge is 0.0603 e. The van der Waals surface area contributed by atoms with E-state index in [1.807, 2.05) is 6.21 Å². The maximum Gasteiger partial charge on any atom is 0.0603 e. The van der Waals surface area contributed by atoms with Crippen LogP contribution in [-0.2, 0) is 0 Å². The van der Waals surface area contributed by atoms with Crippen molar-refractivity contribution < 1.29 is 0 Å². The van der Waals surface area contributed by atoms with Crippen molar-refractivity contribution in [3.63, 3.8) is 0 Å². The third-order valence-corrected chi connectivity index (χ3v) is 2.21. The van der Waals surface area contributed by atoms with Crippen molar-refractivity contribution in [1.29, 1.82) is 0 Å². The molecule has 0 radical (unpaired) electrons. The predicted molar refractivity (Wildman–Crippen MR) is 42.7 cm³/mol. The molecule has 0 amide bonds. The average molecular weight is 142 g/mol. The quantitative estimate of drug-likeness (QED) is 0.595. The Morgan fingerprint density at radius 1 is 1.89 bits per heavy atom. The van der Waals surface area contributed by atoms with Crippen molar-refractivity contribution in [3.05, 3.63) is 10.5 Å². The topological polar surface area (TPSA) is 24.4 Å². The fourth-order valence-electron chi connectivity index (χ4n) is 0.646. The zero-order valence-electron chi connectivity index (χ0n) is 5.64. The van der Waals surface area contributed by atoms with Crippen LogP contribution in [0.2, 0.25) is 0 Å². The summed E-state index contributed by atoms with van der Waals surface area (Å²) in [7, 11) is 0. The molecule has 1 rings (SSSR count). The van der Waals surface area contributed by atoms with Crippen LogP contribution in [0.1, 0.15) is 6.92 Å². The Kier molecular flexibility index (Phi) is 2.16. The number of allylic oxidation sites excluding steroid dienone is 1. The van der Waals surface area contributed by atoms with E-state index in [9.17, 15) is 0 Å². The molecule has 0 aromatic rings. The molecule has 1 aliphatic heterocycles. The summed E-state index contributed by atoms with van der Waals surface area (Å²) in [5.74, 6) is 0. The Labute approximate surface area is 59.4 Å². The molecule has 0 bridgehead atoms. The second kappa shape index (κ2) is 2.92. The van der Waals surface area contributed by atoms with Gasteiger partial charge in [-0.25, -0.2) is 0 Å². The number of hydrazone groups is 1. The summed E-state index contributed by atoms with van der Waals surface area (Å²) in [6.07, 6.45) is 3.96. The number of hydrogen-bond donors (Lipinski definition) is 1. The first-order chi connectivity index (χ1) is 4.34. The highest BCUT2D eigenvalue weighted by atomic mass is 32.2. The van der Waals surface area contributed by atoms with Crippen molar-refractivity contribution in [2.75, 3.05) is 12.8 Å². The molecule has 2 nitrogen and oxygen atoms in total. The van der Waals surface area contributed by atoms with Crippen LogP contribution in [0.4, 0.5) is 0 Å². The van der Waals surface area contributed by atoms with Crippen LogP contribution in [0.5, 0.6) is 0 Å². The standard InChI is InChI=1S/C6H10N2S/c1-5(9-2)6-3-7-8-4-6/h3,8H,4H2,1-2H3/b6-5+. The first-order valence-electron chi connectivity index (χ1n) is 2.84. The van der Waals surface area contributed by atoms with Crippen molar-refractivity contribution >= 4 is 18.0 Å². The van der Waals surface area contributed by atoms with E-state index < -0.39 is 0 Å². The summed E-state index contributed by atoms with van der Waals surface area (Å²) in [4.78, 5) is 1.35. The Morgan fingerprint density at radius 3 is 3.11 bits per heavy atom. The molecule has 0 aliphatic carbocycles. The molecule has 9 heavy (non-hydrogen) atoms. The number of hydrogen-bond acceptors (Lipinski definition) is 3. The van der Waals surface area contributed by atoms with E-state index >= 15 is 0 Å². The van der Waals surface area contributed by atoms with Crippen LogP contribution in [0.3, 0.4) is 0 Å². The van der Waals surface area contributed by atoms with Crippen molar-refractivity contribution in [2.24, 2.45) is 5.10 Å². The fraction of sp³-hybridized carbons (Fsp3) is 0.500. The molecule has 0 aromatic heterocycles. The van der Waals surface area contributed by atoms with Crippen LogP contribution < -0.4 is 5.43 Å². The van der Waals surface area contributed by atoms with Gasteiger partial charge in [0.2, 0.25) is 0 Å². The van der Waals surface area contributed by atoms with Crippen LogP contribution in [0.15, 0.2) is 15.6 Å². The van der Waals surface area contributed by atoms with Gasteiger partial charge in [-0.2, -0.15) is 5.10 Å². The number of nitrogens with one attached hydrogen (secondary N) is 1. The van der Waals surface area contributed by atoms with Gasteiger partial charge in [0.1, 0.15) is 0 Å². The fourth-order valence-corrected chi connectivity index (χ4v) is 1.03. The minimum absolute atomic E-state index is 0.896. The molecule has 0 spiro atoms. The summed E-state index contributed by atoms with van der Waals surface area (Å²) >= 11 is 1.77. The van der Waals surface area contributed by atoms with Crippen molar-refractivity contribution in [1.82, 2.24) is 5.43 Å². The van der Waals surface area contributed by atoms with E-state index in [1.54, 1.807) is 11.8 Å². The van der Waals surface area contributed by atoms with E-state index in [0.29, 0.717) is 0 Å². The van der Waals surface area contributed by atoms with Gasteiger partial charge in [0.25, 0.3) is 0 Å². The third-order valence-electron chi connectivity index (χ3n) is 1.34. The van der Waals surface area contributed by atoms with Gasteiger partial charge in [0.05, 0.1) is 12.8 Å². The first-order valence-corrected chi connectivity index (χ1v) is 4.06. The average Bonchev–Trinajstić information content (AvgIpc) is 2.37. The van der Waals surface area contributed by atoms with Crippen LogP contribution in [0, 0.1) is 0 Å². The summed E-state index contributed by atoms with van der Waals surface area (Å²) in [6.45, 7) is 3.01. The first kappa shape index (κ1) is 6.68. The van der Waals surface area contributed by atoms with Crippen molar-refractivity contribution in [3.8, 4) is 0 Å². The normalized spacial score (nSPS) is 22.0. The Bertz CT molecular complexity index is 160. The number of thioether (sulfide) groups is 1. The molecule has 1 N–H and O–H groups in total. The second-order valence-corrected chi connectivity index (χ2v) is 2.90. The van der Waals surface area contributed by atoms with E-state index in [0.717, 1.165) is 6.54 Å². The van der Waals surface area contributed by atoms with Gasteiger partial charge >= 0.3 is 0 Å². The molecule has 0 aromatic carbocycles. The maximum atomic E-state index is 3.89. The zero-order valence-corrected chi connectivity index (χ0v) is 6.46. The Balaban J connectivity index is 2.68. The van der Waals surface area contributed by atoms with E-state index in [2.05, 4.69) is 23.7 Å². The molecule has 0 saturated heterocycles. The van der Waals surface area contributed by atoms with Crippen LogP contribution in [-0.4, -0.2) is 19.0 Å². The lowest BCUT2D eigenvalue weighted by Crippen LogP contribution is -2.01. The summed E-state index contributed by atoms with van der Waals surface area (Å²) in [5, 5.41) is 3.89. The molecule has 3 heteroatoms. The van der Waals surface area contributed by atoms with E-state index in [-0.39, 0.29) is 0 Å². The van der Waals surface area contributed by atoms with Gasteiger partial charge in [0, 0.05) is 5.57 Å². The SMILES string of the molecule is CS/C(C)=C1\C=NNC1. The molecule has 50 valence electrons. The summed E-state index contributed by atoms with van der Waals surface area (Å²) in [5.41, 5.74) is 4.19. The lowest BCUT2D eigenvalue weighted by molar-refractivity contribution is 0.855. The van der Waals surface area contributed by atoms with Gasteiger partial charge in [0.15, 0.2) is 0 Å². The highest BCUT2D eigenvalue weighted by Gasteiger charge is 2.02. The largest absolute Gasteiger partial charge is 0.306 e. The van der Waals surface area contributed by atoms with Crippen LogP contribution in [0.25, 0.3) is 0 Å². The maximum absolute atomic E-state index is 3.89. The highest BCUT2D eigenvalue weighted by Crippen LogP contribution is 2.15. The van der Waals surface area contributed by atoms with Gasteiger partial charge in [-0.3, -0.25) is 0 Å². The molecule has 1 heterocycles. The number of nitrogens with zero attached hydrogens (tertiary/aromatic N) is 1. The van der Waals surface area contributed by atoms with Gasteiger partial charge < -0.3 is 5.43 Å². The lowest BCUT2D eigenvalue weighted by atomic mass is 10.3. The highest BCUT2D eigenvalue weighted by molar-refractivity contribution is 8.02. The van der Waals surface area contributed by atoms with E-state index in [1.165, 1.54) is 10.5 Å². The summed E-state index contributed by atoms with van der Waals surface area (Å²) < 4.78 is 0. The zero-order chi connectivity index (χ0) is 6.69. The Morgan fingerprint density at radius 2 is 2.67 bits per heavy atom. The second-order valence-electron chi connectivity index (χ2n) is 1.88. The molecule has 1 aliphatic rings. The number of rotatable bonds is 1. The molecule has 0 unspecified atom stereocenters. The third kappa shape index (κ3) is 1.48. The molecular formula is C6H10N2S. The molecule has 0 saturated carbocycles. The monoisotopic (exact) mass is 142 g/mol. The molecular weight excluding hydrogens is 132 g/mol. The lowest BCUT2D eigenvalue weighted by Gasteiger charge is -1.96. The van der Waals surface area contributed by atoms with E-state index in [4.69, 9.17) is 0 Å². The van der Waals surface area contributed by atoms with Gasteiger partial charge in [-0.15, -0.1) is 11.8 Å². The molecule has 0 atom stereocenters. The van der Waals surface area contributed by atoms with Crippen LogP contribution >= 0.6 is 11.8 Å². The van der Waals surface area contributed by atoms with Gasteiger partial charge in [-0.1, -0.05) is 0 Å². The Hall–Kier alpha value is -0.440. The molecule has 0 fully saturated rings. The predicted octanol–water partition coefficient (Wildman–Crippen LogP) is 1.21. The van der Waals surface area contributed by atoms with Gasteiger partial charge in [-0.05, 0) is 18.1 Å².